The van der Waals surface area contributed by atoms with Gasteiger partial charge >= 0.3 is 12.1 Å². The van der Waals surface area contributed by atoms with Crippen LogP contribution in [0, 0.1) is 6.92 Å². The van der Waals surface area contributed by atoms with Crippen LogP contribution in [0.4, 0.5) is 4.79 Å². The monoisotopic (exact) mass is 553 g/mol. The van der Waals surface area contributed by atoms with Crippen molar-refractivity contribution in [2.45, 2.75) is 78.0 Å². The molecule has 1 aromatic rings. The maximum Gasteiger partial charge on any atom is 0.408 e. The van der Waals surface area contributed by atoms with Gasteiger partial charge < -0.3 is 30.1 Å². The van der Waals surface area contributed by atoms with E-state index in [4.69, 9.17) is 4.74 Å². The third-order valence-corrected chi connectivity index (χ3v) is 6.29. The zero-order chi connectivity index (χ0) is 28.9. The second-order valence-corrected chi connectivity index (χ2v) is 10.9. The number of para-hydroxylation sites is 1. The Morgan fingerprint density at radius 1 is 1.16 bits per heavy atom. The third kappa shape index (κ3) is 10.8. The molecule has 0 heterocycles. The SMILES string of the molecule is CCCCCN(C(=O)C(CCSC)NC(=O)OC(C)(C)C)C(C(=O)NCC(=O)OC)c1cccc(C)c1O. The number of methoxy groups -OCH3 is 1. The van der Waals surface area contributed by atoms with Gasteiger partial charge in [-0.15, -0.1) is 0 Å². The number of phenols is 1. The minimum atomic E-state index is -1.25. The Hall–Kier alpha value is -2.95. The fourth-order valence-electron chi connectivity index (χ4n) is 3.72. The van der Waals surface area contributed by atoms with Crippen molar-refractivity contribution < 1.29 is 33.8 Å². The van der Waals surface area contributed by atoms with Crippen LogP contribution in [0.15, 0.2) is 18.2 Å². The van der Waals surface area contributed by atoms with Gasteiger partial charge in [-0.1, -0.05) is 38.0 Å². The maximum atomic E-state index is 14.0. The summed E-state index contributed by atoms with van der Waals surface area (Å²) < 4.78 is 10.0. The van der Waals surface area contributed by atoms with Crippen LogP contribution >= 0.6 is 11.8 Å². The molecular weight excluding hydrogens is 510 g/mol. The smallest absolute Gasteiger partial charge is 0.408 e. The highest BCUT2D eigenvalue weighted by Gasteiger charge is 2.37. The van der Waals surface area contributed by atoms with E-state index in [9.17, 15) is 24.3 Å². The van der Waals surface area contributed by atoms with E-state index < -0.39 is 48.1 Å². The number of unbranched alkanes of at least 4 members (excludes halogenated alkanes) is 2. The number of rotatable bonds is 14. The molecule has 0 spiro atoms. The van der Waals surface area contributed by atoms with Crippen molar-refractivity contribution in [3.8, 4) is 5.75 Å². The van der Waals surface area contributed by atoms with E-state index in [1.165, 1.54) is 23.8 Å². The Morgan fingerprint density at radius 3 is 2.42 bits per heavy atom. The number of aromatic hydroxyl groups is 1. The summed E-state index contributed by atoms with van der Waals surface area (Å²) in [5, 5.41) is 16.1. The molecule has 1 rings (SSSR count). The molecule has 214 valence electrons. The predicted octanol–water partition coefficient (Wildman–Crippen LogP) is 3.70. The number of benzene rings is 1. The lowest BCUT2D eigenvalue weighted by molar-refractivity contribution is -0.144. The van der Waals surface area contributed by atoms with Gasteiger partial charge in [0.1, 0.15) is 30.0 Å². The van der Waals surface area contributed by atoms with Crippen LogP contribution in [0.3, 0.4) is 0 Å². The number of alkyl carbamates (subject to hydrolysis) is 1. The minimum absolute atomic E-state index is 0.125. The minimum Gasteiger partial charge on any atom is -0.507 e. The van der Waals surface area contributed by atoms with E-state index >= 15 is 0 Å². The molecule has 0 radical (unpaired) electrons. The van der Waals surface area contributed by atoms with Gasteiger partial charge in [0.25, 0.3) is 0 Å². The molecule has 38 heavy (non-hydrogen) atoms. The summed E-state index contributed by atoms with van der Waals surface area (Å²) in [6.45, 7) is 8.69. The molecule has 10 nitrogen and oxygen atoms in total. The number of nitrogens with zero attached hydrogens (tertiary/aromatic N) is 1. The number of aryl methyl sites for hydroxylation is 1. The van der Waals surface area contributed by atoms with Crippen LogP contribution in [0.5, 0.6) is 5.75 Å². The lowest BCUT2D eigenvalue weighted by Gasteiger charge is -2.35. The molecule has 2 atom stereocenters. The maximum absolute atomic E-state index is 14.0. The number of nitrogens with one attached hydrogen (secondary N) is 2. The molecule has 0 aliphatic heterocycles. The van der Waals surface area contributed by atoms with Crippen LogP contribution in [-0.2, 0) is 23.9 Å². The molecule has 2 unspecified atom stereocenters. The van der Waals surface area contributed by atoms with Crippen molar-refractivity contribution in [1.82, 2.24) is 15.5 Å². The highest BCUT2D eigenvalue weighted by molar-refractivity contribution is 7.98. The molecule has 0 saturated heterocycles. The molecule has 0 fully saturated rings. The Bertz CT molecular complexity index is 949. The predicted molar refractivity (Wildman–Crippen MR) is 148 cm³/mol. The molecule has 3 N–H and O–H groups in total. The second-order valence-electron chi connectivity index (χ2n) is 9.93. The Kier molecular flexibility index (Phi) is 14.0. The second kappa shape index (κ2) is 16.1. The molecule has 3 amide bonds. The number of hydrogen-bond acceptors (Lipinski definition) is 8. The van der Waals surface area contributed by atoms with E-state index in [1.54, 1.807) is 45.9 Å². The van der Waals surface area contributed by atoms with Crippen molar-refractivity contribution in [3.63, 3.8) is 0 Å². The quantitative estimate of drug-likeness (QED) is 0.235. The fourth-order valence-corrected chi connectivity index (χ4v) is 4.19. The number of amides is 3. The van der Waals surface area contributed by atoms with Gasteiger partial charge in [0.2, 0.25) is 11.8 Å². The van der Waals surface area contributed by atoms with E-state index in [2.05, 4.69) is 15.4 Å². The van der Waals surface area contributed by atoms with E-state index in [-0.39, 0.29) is 17.9 Å². The number of carbonyl (C=O) groups excluding carboxylic acids is 4. The van der Waals surface area contributed by atoms with Crippen LogP contribution in [-0.4, -0.2) is 77.7 Å². The summed E-state index contributed by atoms with van der Waals surface area (Å²) in [6.07, 6.45) is 3.73. The first-order valence-electron chi connectivity index (χ1n) is 12.8. The van der Waals surface area contributed by atoms with Crippen LogP contribution in [0.1, 0.15) is 70.5 Å². The number of hydrogen-bond donors (Lipinski definition) is 3. The van der Waals surface area contributed by atoms with Gasteiger partial charge in [0, 0.05) is 12.1 Å². The average molecular weight is 554 g/mol. The number of esters is 1. The Labute approximate surface area is 230 Å². The van der Waals surface area contributed by atoms with E-state index in [0.717, 1.165) is 12.8 Å². The Balaban J connectivity index is 3.54. The number of thioether (sulfide) groups is 1. The fraction of sp³-hybridized carbons (Fsp3) is 0.630. The number of ether oxygens (including phenoxy) is 2. The van der Waals surface area contributed by atoms with Crippen molar-refractivity contribution >= 4 is 35.6 Å². The zero-order valence-electron chi connectivity index (χ0n) is 23.6. The molecule has 0 aliphatic rings. The standard InChI is InChI=1S/C27H43N3O7S/c1-8-9-10-15-30(25(34)20(14-16-38-7)29-26(35)37-27(3,4)5)22(24(33)28-17-21(31)36-6)19-13-11-12-18(2)23(19)32/h11-13,20,22,32H,8-10,14-17H2,1-7H3,(H,28,33)(H,29,35). The average Bonchev–Trinajstić information content (AvgIpc) is 2.85. The van der Waals surface area contributed by atoms with Crippen molar-refractivity contribution in [2.24, 2.45) is 0 Å². The molecule has 0 aliphatic carbocycles. The lowest BCUT2D eigenvalue weighted by atomic mass is 9.98. The summed E-state index contributed by atoms with van der Waals surface area (Å²) in [7, 11) is 1.21. The summed E-state index contributed by atoms with van der Waals surface area (Å²) in [6, 6.07) is 2.73. The summed E-state index contributed by atoms with van der Waals surface area (Å²) in [5.74, 6) is -1.34. The van der Waals surface area contributed by atoms with Crippen LogP contribution in [0.25, 0.3) is 0 Å². The molecule has 0 saturated carbocycles. The number of carbonyl (C=O) groups is 4. The van der Waals surface area contributed by atoms with Crippen molar-refractivity contribution in [1.29, 1.82) is 0 Å². The number of phenolic OH excluding ortho intramolecular Hbond substituents is 1. The molecule has 0 bridgehead atoms. The first kappa shape index (κ1) is 33.1. The molecule has 1 aromatic carbocycles. The topological polar surface area (TPSA) is 134 Å². The molecular formula is C27H43N3O7S. The largest absolute Gasteiger partial charge is 0.507 e. The van der Waals surface area contributed by atoms with Gasteiger partial charge in [-0.3, -0.25) is 14.4 Å². The first-order chi connectivity index (χ1) is 17.9. The summed E-state index contributed by atoms with van der Waals surface area (Å²) in [5.41, 5.74) is -0.0140. The van der Waals surface area contributed by atoms with Gasteiger partial charge in [-0.05, 0) is 58.1 Å². The normalized spacial score (nSPS) is 12.7. The van der Waals surface area contributed by atoms with Gasteiger partial charge in [-0.2, -0.15) is 11.8 Å². The lowest BCUT2D eigenvalue weighted by Crippen LogP contribution is -2.53. The van der Waals surface area contributed by atoms with Crippen molar-refractivity contribution in [3.05, 3.63) is 29.3 Å². The molecule has 11 heteroatoms. The highest BCUT2D eigenvalue weighted by atomic mass is 32.2. The first-order valence-corrected chi connectivity index (χ1v) is 14.2. The van der Waals surface area contributed by atoms with E-state index in [0.29, 0.717) is 24.2 Å². The van der Waals surface area contributed by atoms with Gasteiger partial charge in [-0.25, -0.2) is 4.79 Å². The van der Waals surface area contributed by atoms with Crippen molar-refractivity contribution in [2.75, 3.05) is 32.2 Å². The zero-order valence-corrected chi connectivity index (χ0v) is 24.4. The third-order valence-electron chi connectivity index (χ3n) is 5.64. The highest BCUT2D eigenvalue weighted by Crippen LogP contribution is 2.32. The van der Waals surface area contributed by atoms with Gasteiger partial charge in [0.05, 0.1) is 7.11 Å². The van der Waals surface area contributed by atoms with Crippen LogP contribution in [0.2, 0.25) is 0 Å². The summed E-state index contributed by atoms with van der Waals surface area (Å²) >= 11 is 1.52. The van der Waals surface area contributed by atoms with Gasteiger partial charge in [0.15, 0.2) is 0 Å². The Morgan fingerprint density at radius 2 is 1.84 bits per heavy atom. The summed E-state index contributed by atoms with van der Waals surface area (Å²) in [4.78, 5) is 53.3. The van der Waals surface area contributed by atoms with Crippen LogP contribution < -0.4 is 10.6 Å². The van der Waals surface area contributed by atoms with E-state index in [1.807, 2.05) is 13.2 Å². The molecule has 0 aromatic heterocycles.